The van der Waals surface area contributed by atoms with Gasteiger partial charge < -0.3 is 0 Å². The van der Waals surface area contributed by atoms with E-state index in [0.717, 1.165) is 41.6 Å². The first kappa shape index (κ1) is 17.9. The fourth-order valence-corrected chi connectivity index (χ4v) is 4.01. The molecule has 146 valence electrons. The Labute approximate surface area is 169 Å². The number of nitrogens with zero attached hydrogens (tertiary/aromatic N) is 4. The Morgan fingerprint density at radius 1 is 1.07 bits per heavy atom. The molecule has 1 saturated carbocycles. The van der Waals surface area contributed by atoms with Gasteiger partial charge in [0.25, 0.3) is 5.56 Å². The minimum Gasteiger partial charge on any atom is -0.265 e. The molecule has 1 fully saturated rings. The van der Waals surface area contributed by atoms with Crippen molar-refractivity contribution in [2.45, 2.75) is 45.6 Å². The summed E-state index contributed by atoms with van der Waals surface area (Å²) in [6.45, 7) is 4.70. The number of aryl methyl sites for hydroxylation is 4. The summed E-state index contributed by atoms with van der Waals surface area (Å²) in [4.78, 5) is 13.4. The first-order chi connectivity index (χ1) is 14.1. The van der Waals surface area contributed by atoms with Crippen molar-refractivity contribution < 1.29 is 0 Å². The highest BCUT2D eigenvalue weighted by Crippen LogP contribution is 2.41. The zero-order chi connectivity index (χ0) is 20.0. The lowest BCUT2D eigenvalue weighted by Gasteiger charge is -2.11. The van der Waals surface area contributed by atoms with Gasteiger partial charge >= 0.3 is 0 Å². The lowest BCUT2D eigenvalue weighted by Crippen LogP contribution is -2.27. The molecule has 0 saturated heterocycles. The van der Waals surface area contributed by atoms with Crippen LogP contribution in [0, 0.1) is 13.8 Å². The molecule has 5 heteroatoms. The molecule has 5 rings (SSSR count). The first-order valence-corrected chi connectivity index (χ1v) is 10.2. The van der Waals surface area contributed by atoms with Crippen molar-refractivity contribution in [2.24, 2.45) is 0 Å². The fourth-order valence-electron chi connectivity index (χ4n) is 4.01. The molecule has 29 heavy (non-hydrogen) atoms. The Bertz CT molecular complexity index is 1250. The van der Waals surface area contributed by atoms with Crippen molar-refractivity contribution in [3.05, 3.63) is 87.5 Å². The average molecular weight is 384 g/mol. The molecule has 4 aromatic rings. The molecule has 5 nitrogen and oxygen atoms in total. The normalized spacial score (nSPS) is 13.9. The molecule has 2 heterocycles. The minimum absolute atomic E-state index is 0.0715. The summed E-state index contributed by atoms with van der Waals surface area (Å²) < 4.78 is 3.45. The summed E-state index contributed by atoms with van der Waals surface area (Å²) in [5.74, 6) is 0.442. The van der Waals surface area contributed by atoms with Gasteiger partial charge in [0.1, 0.15) is 5.52 Å². The van der Waals surface area contributed by atoms with Crippen LogP contribution in [0.1, 0.15) is 41.1 Å². The SMILES string of the molecule is Cc1ccc(-n2ncc3c(C4CC4)nn(CCc4ccccc4)c(=O)c32)c(C)c1. The Hall–Kier alpha value is -3.21. The van der Waals surface area contributed by atoms with E-state index in [2.05, 4.69) is 43.2 Å². The van der Waals surface area contributed by atoms with Crippen molar-refractivity contribution in [2.75, 3.05) is 0 Å². The van der Waals surface area contributed by atoms with Crippen LogP contribution in [0.25, 0.3) is 16.6 Å². The molecule has 1 aliphatic rings. The van der Waals surface area contributed by atoms with Crippen molar-refractivity contribution in [1.29, 1.82) is 0 Å². The third kappa shape index (κ3) is 3.27. The highest BCUT2D eigenvalue weighted by atomic mass is 16.1. The van der Waals surface area contributed by atoms with Crippen LogP contribution in [0.15, 0.2) is 59.5 Å². The van der Waals surface area contributed by atoms with E-state index in [1.807, 2.05) is 30.5 Å². The molecular formula is C24H24N4O. The molecule has 0 N–H and O–H groups in total. The predicted molar refractivity (Wildman–Crippen MR) is 115 cm³/mol. The third-order valence-corrected chi connectivity index (χ3v) is 5.71. The molecule has 0 atom stereocenters. The summed E-state index contributed by atoms with van der Waals surface area (Å²) in [6.07, 6.45) is 4.86. The minimum atomic E-state index is -0.0715. The van der Waals surface area contributed by atoms with E-state index in [4.69, 9.17) is 5.10 Å². The number of benzene rings is 2. The van der Waals surface area contributed by atoms with Crippen LogP contribution >= 0.6 is 0 Å². The van der Waals surface area contributed by atoms with Gasteiger partial charge in [0.2, 0.25) is 0 Å². The zero-order valence-electron chi connectivity index (χ0n) is 16.8. The average Bonchev–Trinajstić information content (AvgIpc) is 3.47. The third-order valence-electron chi connectivity index (χ3n) is 5.71. The Morgan fingerprint density at radius 3 is 2.59 bits per heavy atom. The standard InChI is InChI=1S/C24H24N4O/c1-16-8-11-21(17(2)14-16)28-23-20(15-25-28)22(19-9-10-19)26-27(24(23)29)13-12-18-6-4-3-5-7-18/h3-8,11,14-15,19H,9-10,12-13H2,1-2H3. The van der Waals surface area contributed by atoms with E-state index in [1.165, 1.54) is 11.1 Å². The maximum atomic E-state index is 13.4. The second-order valence-corrected chi connectivity index (χ2v) is 8.03. The molecule has 2 aromatic carbocycles. The number of fused-ring (bicyclic) bond motifs is 1. The van der Waals surface area contributed by atoms with E-state index in [9.17, 15) is 4.79 Å². The van der Waals surface area contributed by atoms with Crippen LogP contribution in [0.2, 0.25) is 0 Å². The van der Waals surface area contributed by atoms with Crippen LogP contribution in [0.4, 0.5) is 0 Å². The van der Waals surface area contributed by atoms with Crippen LogP contribution in [-0.2, 0) is 13.0 Å². The van der Waals surface area contributed by atoms with Crippen molar-refractivity contribution in [3.63, 3.8) is 0 Å². The molecule has 0 bridgehead atoms. The van der Waals surface area contributed by atoms with Crippen LogP contribution in [-0.4, -0.2) is 19.6 Å². The lowest BCUT2D eigenvalue weighted by molar-refractivity contribution is 0.570. The van der Waals surface area contributed by atoms with Gasteiger partial charge in [-0.25, -0.2) is 9.36 Å². The smallest absolute Gasteiger partial charge is 0.265 e. The van der Waals surface area contributed by atoms with Crippen LogP contribution < -0.4 is 5.56 Å². The summed E-state index contributed by atoms with van der Waals surface area (Å²) in [7, 11) is 0. The van der Waals surface area contributed by atoms with Gasteiger partial charge in [-0.1, -0.05) is 48.0 Å². The van der Waals surface area contributed by atoms with Gasteiger partial charge in [-0.2, -0.15) is 10.2 Å². The summed E-state index contributed by atoms with van der Waals surface area (Å²) in [5, 5.41) is 10.3. The second kappa shape index (κ2) is 6.99. The Balaban J connectivity index is 1.65. The highest BCUT2D eigenvalue weighted by molar-refractivity contribution is 5.82. The summed E-state index contributed by atoms with van der Waals surface area (Å²) in [5.41, 5.74) is 6.05. The van der Waals surface area contributed by atoms with Gasteiger partial charge in [0, 0.05) is 17.8 Å². The molecular weight excluding hydrogens is 360 g/mol. The van der Waals surface area contributed by atoms with E-state index in [1.54, 1.807) is 9.36 Å². The Kier molecular flexibility index (Phi) is 4.31. The van der Waals surface area contributed by atoms with Gasteiger partial charge in [0.05, 0.1) is 17.6 Å². The summed E-state index contributed by atoms with van der Waals surface area (Å²) in [6, 6.07) is 16.5. The quantitative estimate of drug-likeness (QED) is 0.515. The fraction of sp³-hybridized carbons (Fsp3) is 0.292. The monoisotopic (exact) mass is 384 g/mol. The van der Waals surface area contributed by atoms with Gasteiger partial charge in [-0.15, -0.1) is 0 Å². The number of aromatic nitrogens is 4. The van der Waals surface area contributed by atoms with Crippen LogP contribution in [0.3, 0.4) is 0 Å². The van der Waals surface area contributed by atoms with Crippen LogP contribution in [0.5, 0.6) is 0 Å². The highest BCUT2D eigenvalue weighted by Gasteiger charge is 2.30. The van der Waals surface area contributed by atoms with Gasteiger partial charge in [-0.3, -0.25) is 4.79 Å². The van der Waals surface area contributed by atoms with E-state index in [0.29, 0.717) is 18.0 Å². The zero-order valence-corrected chi connectivity index (χ0v) is 16.8. The van der Waals surface area contributed by atoms with Crippen molar-refractivity contribution >= 4 is 10.9 Å². The maximum Gasteiger partial charge on any atom is 0.293 e. The molecule has 0 aliphatic heterocycles. The number of rotatable bonds is 5. The predicted octanol–water partition coefficient (Wildman–Crippen LogP) is 4.32. The second-order valence-electron chi connectivity index (χ2n) is 8.03. The molecule has 0 unspecified atom stereocenters. The maximum absolute atomic E-state index is 13.4. The Morgan fingerprint density at radius 2 is 1.86 bits per heavy atom. The van der Waals surface area contributed by atoms with Gasteiger partial charge in [-0.05, 0) is 50.3 Å². The molecule has 2 aromatic heterocycles. The van der Waals surface area contributed by atoms with E-state index in [-0.39, 0.29) is 5.56 Å². The van der Waals surface area contributed by atoms with Crippen molar-refractivity contribution in [3.8, 4) is 5.69 Å². The number of hydrogen-bond acceptors (Lipinski definition) is 3. The largest absolute Gasteiger partial charge is 0.293 e. The van der Waals surface area contributed by atoms with Crippen molar-refractivity contribution in [1.82, 2.24) is 19.6 Å². The first-order valence-electron chi connectivity index (χ1n) is 10.2. The van der Waals surface area contributed by atoms with E-state index >= 15 is 0 Å². The van der Waals surface area contributed by atoms with Gasteiger partial charge in [0.15, 0.2) is 0 Å². The van der Waals surface area contributed by atoms with E-state index < -0.39 is 0 Å². The molecule has 0 spiro atoms. The molecule has 0 amide bonds. The lowest BCUT2D eigenvalue weighted by atomic mass is 10.1. The molecule has 1 aliphatic carbocycles. The summed E-state index contributed by atoms with van der Waals surface area (Å²) >= 11 is 0. The molecule has 0 radical (unpaired) electrons. The topological polar surface area (TPSA) is 52.7 Å². The number of hydrogen-bond donors (Lipinski definition) is 0.